The summed E-state index contributed by atoms with van der Waals surface area (Å²) in [6.07, 6.45) is 1.58. The summed E-state index contributed by atoms with van der Waals surface area (Å²) in [6, 6.07) is 5.43. The predicted octanol–water partition coefficient (Wildman–Crippen LogP) is 2.28. The zero-order valence-corrected chi connectivity index (χ0v) is 12.3. The molecular formula is C14H17N5O3. The van der Waals surface area contributed by atoms with Crippen LogP contribution in [0.4, 0.5) is 17.2 Å². The molecule has 0 saturated heterocycles. The molecule has 0 radical (unpaired) electrons. The van der Waals surface area contributed by atoms with Crippen LogP contribution < -0.4 is 11.1 Å². The van der Waals surface area contributed by atoms with Gasteiger partial charge in [0.1, 0.15) is 5.82 Å². The van der Waals surface area contributed by atoms with E-state index in [1.165, 1.54) is 12.1 Å². The monoisotopic (exact) mass is 303 g/mol. The number of hydrogen-bond donors (Lipinski definition) is 2. The smallest absolute Gasteiger partial charge is 0.270 e. The quantitative estimate of drug-likeness (QED) is 0.499. The number of nitro groups is 1. The van der Waals surface area contributed by atoms with E-state index >= 15 is 0 Å². The van der Waals surface area contributed by atoms with E-state index in [1.54, 1.807) is 16.9 Å². The number of carbonyl (C=O) groups excluding carboxylic acids is 1. The Balaban J connectivity index is 2.24. The van der Waals surface area contributed by atoms with Crippen LogP contribution in [0.3, 0.4) is 0 Å². The van der Waals surface area contributed by atoms with Gasteiger partial charge in [-0.1, -0.05) is 13.8 Å². The van der Waals surface area contributed by atoms with Crippen LogP contribution in [-0.4, -0.2) is 20.6 Å². The van der Waals surface area contributed by atoms with Gasteiger partial charge in [-0.25, -0.2) is 4.68 Å². The van der Waals surface area contributed by atoms with Crippen molar-refractivity contribution < 1.29 is 9.72 Å². The first-order valence-electron chi connectivity index (χ1n) is 6.75. The molecule has 8 heteroatoms. The number of benzene rings is 1. The Morgan fingerprint density at radius 3 is 2.82 bits per heavy atom. The number of nitrogens with zero attached hydrogens (tertiary/aromatic N) is 3. The van der Waals surface area contributed by atoms with E-state index < -0.39 is 10.8 Å². The van der Waals surface area contributed by atoms with Gasteiger partial charge in [0, 0.05) is 30.4 Å². The number of carbonyl (C=O) groups is 1. The van der Waals surface area contributed by atoms with Gasteiger partial charge >= 0.3 is 0 Å². The molecule has 0 fully saturated rings. The minimum atomic E-state index is -0.570. The van der Waals surface area contributed by atoms with E-state index in [9.17, 15) is 14.9 Å². The fourth-order valence-corrected chi connectivity index (χ4v) is 1.97. The number of rotatable bonds is 5. The summed E-state index contributed by atoms with van der Waals surface area (Å²) in [7, 11) is 0. The van der Waals surface area contributed by atoms with Crippen molar-refractivity contribution in [1.29, 1.82) is 0 Å². The Kier molecular flexibility index (Phi) is 4.40. The third kappa shape index (κ3) is 3.40. The van der Waals surface area contributed by atoms with E-state index in [2.05, 4.69) is 10.4 Å². The van der Waals surface area contributed by atoms with Crippen molar-refractivity contribution in [3.8, 4) is 0 Å². The van der Waals surface area contributed by atoms with E-state index in [0.717, 1.165) is 6.07 Å². The van der Waals surface area contributed by atoms with Crippen LogP contribution in [0.25, 0.3) is 0 Å². The molecule has 0 aliphatic carbocycles. The van der Waals surface area contributed by atoms with Crippen LogP contribution in [0.1, 0.15) is 24.2 Å². The fraction of sp³-hybridized carbons (Fsp3) is 0.286. The molecule has 0 unspecified atom stereocenters. The zero-order valence-electron chi connectivity index (χ0n) is 12.3. The number of nitrogens with one attached hydrogen (secondary N) is 1. The third-order valence-corrected chi connectivity index (χ3v) is 2.99. The lowest BCUT2D eigenvalue weighted by molar-refractivity contribution is -0.384. The number of nitrogen functional groups attached to an aromatic ring is 1. The molecule has 0 bridgehead atoms. The molecule has 2 rings (SSSR count). The summed E-state index contributed by atoms with van der Waals surface area (Å²) in [5, 5.41) is 17.6. The van der Waals surface area contributed by atoms with Gasteiger partial charge in [0.15, 0.2) is 0 Å². The lowest BCUT2D eigenvalue weighted by Gasteiger charge is -2.11. The number of nitro benzene ring substituents is 1. The highest BCUT2D eigenvalue weighted by Gasteiger charge is 2.17. The summed E-state index contributed by atoms with van der Waals surface area (Å²) in [6.45, 7) is 4.71. The molecule has 1 heterocycles. The topological polar surface area (TPSA) is 116 Å². The molecule has 1 aromatic carbocycles. The summed E-state index contributed by atoms with van der Waals surface area (Å²) < 4.78 is 1.66. The van der Waals surface area contributed by atoms with Crippen LogP contribution in [0.5, 0.6) is 0 Å². The van der Waals surface area contributed by atoms with Crippen LogP contribution >= 0.6 is 0 Å². The maximum Gasteiger partial charge on any atom is 0.270 e. The van der Waals surface area contributed by atoms with E-state index in [4.69, 9.17) is 5.73 Å². The van der Waals surface area contributed by atoms with Crippen molar-refractivity contribution in [2.24, 2.45) is 5.92 Å². The van der Waals surface area contributed by atoms with E-state index in [-0.39, 0.29) is 16.9 Å². The molecule has 0 aliphatic rings. The molecule has 1 aromatic heterocycles. The first kappa shape index (κ1) is 15.5. The van der Waals surface area contributed by atoms with Gasteiger partial charge < -0.3 is 11.1 Å². The molecule has 0 saturated carbocycles. The molecule has 8 nitrogen and oxygen atoms in total. The predicted molar refractivity (Wildman–Crippen MR) is 82.5 cm³/mol. The number of hydrogen-bond acceptors (Lipinski definition) is 5. The number of anilines is 2. The van der Waals surface area contributed by atoms with Gasteiger partial charge in [-0.2, -0.15) is 5.10 Å². The maximum atomic E-state index is 12.3. The van der Waals surface area contributed by atoms with Crippen LogP contribution in [0.15, 0.2) is 30.5 Å². The van der Waals surface area contributed by atoms with Gasteiger partial charge in [0.05, 0.1) is 16.7 Å². The first-order chi connectivity index (χ1) is 10.4. The zero-order chi connectivity index (χ0) is 16.3. The van der Waals surface area contributed by atoms with Crippen molar-refractivity contribution in [1.82, 2.24) is 9.78 Å². The molecule has 0 spiro atoms. The second kappa shape index (κ2) is 6.25. The first-order valence-corrected chi connectivity index (χ1v) is 6.75. The van der Waals surface area contributed by atoms with Crippen molar-refractivity contribution in [3.05, 3.63) is 46.1 Å². The molecule has 0 aliphatic heterocycles. The van der Waals surface area contributed by atoms with Gasteiger partial charge in [-0.05, 0) is 12.0 Å². The lowest BCUT2D eigenvalue weighted by Crippen LogP contribution is -2.18. The number of aromatic nitrogens is 2. The largest absolute Gasteiger partial charge is 0.398 e. The molecule has 3 N–H and O–H groups in total. The Morgan fingerprint density at radius 2 is 2.18 bits per heavy atom. The normalized spacial score (nSPS) is 10.7. The van der Waals surface area contributed by atoms with Gasteiger partial charge in [-0.15, -0.1) is 0 Å². The Labute approximate surface area is 127 Å². The highest BCUT2D eigenvalue weighted by atomic mass is 16.6. The summed E-state index contributed by atoms with van der Waals surface area (Å²) in [5.41, 5.74) is 5.79. The van der Waals surface area contributed by atoms with Crippen LogP contribution in [-0.2, 0) is 6.54 Å². The highest BCUT2D eigenvalue weighted by Crippen LogP contribution is 2.21. The summed E-state index contributed by atoms with van der Waals surface area (Å²) in [4.78, 5) is 22.5. The summed E-state index contributed by atoms with van der Waals surface area (Å²) >= 11 is 0. The van der Waals surface area contributed by atoms with Crippen molar-refractivity contribution >= 4 is 23.1 Å². The molecule has 116 valence electrons. The van der Waals surface area contributed by atoms with Gasteiger partial charge in [0.2, 0.25) is 0 Å². The standard InChI is InChI=1S/C14H17N5O3/c1-9(2)8-18-13(5-6-16-18)17-14(20)11-7-10(19(21)22)3-4-12(11)15/h3-7,9H,8,15H2,1-2H3,(H,17,20). The number of amides is 1. The molecule has 2 aromatic rings. The van der Waals surface area contributed by atoms with Gasteiger partial charge in [-0.3, -0.25) is 14.9 Å². The fourth-order valence-electron chi connectivity index (χ4n) is 1.97. The lowest BCUT2D eigenvalue weighted by atomic mass is 10.1. The molecular weight excluding hydrogens is 286 g/mol. The second-order valence-corrected chi connectivity index (χ2v) is 5.28. The highest BCUT2D eigenvalue weighted by molar-refractivity contribution is 6.07. The SMILES string of the molecule is CC(C)Cn1nccc1NC(=O)c1cc([N+](=O)[O-])ccc1N. The molecule has 1 amide bonds. The average Bonchev–Trinajstić information content (AvgIpc) is 2.85. The van der Waals surface area contributed by atoms with Crippen LogP contribution in [0.2, 0.25) is 0 Å². The summed E-state index contributed by atoms with van der Waals surface area (Å²) in [5.74, 6) is 0.370. The van der Waals surface area contributed by atoms with Crippen LogP contribution in [0, 0.1) is 16.0 Å². The van der Waals surface area contributed by atoms with E-state index in [0.29, 0.717) is 18.3 Å². The maximum absolute atomic E-state index is 12.3. The van der Waals surface area contributed by atoms with Crippen molar-refractivity contribution in [3.63, 3.8) is 0 Å². The third-order valence-electron chi connectivity index (χ3n) is 2.99. The van der Waals surface area contributed by atoms with Crippen molar-refractivity contribution in [2.45, 2.75) is 20.4 Å². The second-order valence-electron chi connectivity index (χ2n) is 5.28. The molecule has 22 heavy (non-hydrogen) atoms. The Hall–Kier alpha value is -2.90. The minimum Gasteiger partial charge on any atom is -0.398 e. The molecule has 0 atom stereocenters. The minimum absolute atomic E-state index is 0.0616. The number of nitrogens with two attached hydrogens (primary N) is 1. The average molecular weight is 303 g/mol. The Morgan fingerprint density at radius 1 is 1.45 bits per heavy atom. The van der Waals surface area contributed by atoms with Gasteiger partial charge in [0.25, 0.3) is 11.6 Å². The van der Waals surface area contributed by atoms with Crippen molar-refractivity contribution in [2.75, 3.05) is 11.1 Å². The van der Waals surface area contributed by atoms with E-state index in [1.807, 2.05) is 13.8 Å². The number of non-ortho nitro benzene ring substituents is 1. The Bertz CT molecular complexity index is 708.